The Balaban J connectivity index is 1.65. The van der Waals surface area contributed by atoms with Crippen molar-refractivity contribution >= 4 is 15.9 Å². The van der Waals surface area contributed by atoms with Crippen LogP contribution in [-0.4, -0.2) is 81.9 Å². The van der Waals surface area contributed by atoms with Gasteiger partial charge in [-0.3, -0.25) is 4.79 Å². The zero-order valence-corrected chi connectivity index (χ0v) is 18.8. The average Bonchev–Trinajstić information content (AvgIpc) is 3.26. The van der Waals surface area contributed by atoms with E-state index in [1.165, 1.54) is 4.31 Å². The third-order valence-corrected chi connectivity index (χ3v) is 8.17. The first-order valence-electron chi connectivity index (χ1n) is 10.6. The molecule has 0 spiro atoms. The molecule has 166 valence electrons. The summed E-state index contributed by atoms with van der Waals surface area (Å²) in [6, 6.07) is 16.0. The first-order valence-corrected chi connectivity index (χ1v) is 12.0. The van der Waals surface area contributed by atoms with Crippen LogP contribution in [0.25, 0.3) is 0 Å². The molecule has 2 unspecified atom stereocenters. The summed E-state index contributed by atoms with van der Waals surface area (Å²) in [6.07, 6.45) is 0. The highest BCUT2D eigenvalue weighted by molar-refractivity contribution is 7.89. The first-order chi connectivity index (χ1) is 14.9. The van der Waals surface area contributed by atoms with E-state index in [2.05, 4.69) is 4.90 Å². The summed E-state index contributed by atoms with van der Waals surface area (Å²) in [5.41, 5.74) is 0.928. The van der Waals surface area contributed by atoms with Crippen LogP contribution in [0.15, 0.2) is 59.5 Å². The lowest BCUT2D eigenvalue weighted by atomic mass is 9.87. The van der Waals surface area contributed by atoms with Crippen molar-refractivity contribution < 1.29 is 17.9 Å². The number of rotatable bonds is 5. The van der Waals surface area contributed by atoms with E-state index in [-0.39, 0.29) is 29.8 Å². The van der Waals surface area contributed by atoms with Gasteiger partial charge in [-0.05, 0) is 36.9 Å². The predicted octanol–water partition coefficient (Wildman–Crippen LogP) is 1.87. The van der Waals surface area contributed by atoms with Crippen molar-refractivity contribution in [2.45, 2.75) is 10.8 Å². The molecule has 2 aliphatic heterocycles. The molecule has 0 radical (unpaired) electrons. The van der Waals surface area contributed by atoms with Crippen molar-refractivity contribution in [3.63, 3.8) is 0 Å². The van der Waals surface area contributed by atoms with E-state index in [0.29, 0.717) is 18.8 Å². The van der Waals surface area contributed by atoms with E-state index in [1.807, 2.05) is 36.2 Å². The maximum absolute atomic E-state index is 13.5. The number of carbonyl (C=O) groups is 1. The smallest absolute Gasteiger partial charge is 0.243 e. The molecule has 4 rings (SSSR count). The van der Waals surface area contributed by atoms with Crippen LogP contribution in [0.3, 0.4) is 0 Å². The summed E-state index contributed by atoms with van der Waals surface area (Å²) in [7, 11) is -0.0279. The Hall–Kier alpha value is -2.42. The minimum atomic E-state index is -3.68. The Morgan fingerprint density at radius 2 is 1.68 bits per heavy atom. The maximum Gasteiger partial charge on any atom is 0.243 e. The Kier molecular flexibility index (Phi) is 6.31. The van der Waals surface area contributed by atoms with Crippen molar-refractivity contribution in [1.29, 1.82) is 0 Å². The third-order valence-electron chi connectivity index (χ3n) is 6.32. The van der Waals surface area contributed by atoms with Gasteiger partial charge in [0.05, 0.1) is 17.9 Å². The van der Waals surface area contributed by atoms with Gasteiger partial charge in [0.15, 0.2) is 0 Å². The van der Waals surface area contributed by atoms with Gasteiger partial charge in [-0.2, -0.15) is 4.31 Å². The quantitative estimate of drug-likeness (QED) is 0.706. The monoisotopic (exact) mass is 443 g/mol. The van der Waals surface area contributed by atoms with E-state index in [0.717, 1.165) is 18.7 Å². The van der Waals surface area contributed by atoms with Gasteiger partial charge in [-0.25, -0.2) is 8.42 Å². The van der Waals surface area contributed by atoms with Crippen molar-refractivity contribution in [2.75, 3.05) is 53.4 Å². The van der Waals surface area contributed by atoms with Crippen LogP contribution in [0.1, 0.15) is 11.5 Å². The second-order valence-corrected chi connectivity index (χ2v) is 10.2. The molecule has 0 aromatic heterocycles. The molecule has 8 heteroatoms. The molecule has 1 amide bonds. The van der Waals surface area contributed by atoms with Crippen LogP contribution < -0.4 is 4.74 Å². The van der Waals surface area contributed by atoms with E-state index < -0.39 is 15.9 Å². The minimum Gasteiger partial charge on any atom is -0.497 e. The number of sulfonamides is 1. The van der Waals surface area contributed by atoms with Gasteiger partial charge < -0.3 is 14.5 Å². The summed E-state index contributed by atoms with van der Waals surface area (Å²) in [5.74, 6) is 0.0917. The van der Waals surface area contributed by atoms with Crippen LogP contribution in [0.2, 0.25) is 0 Å². The number of benzene rings is 2. The molecular weight excluding hydrogens is 414 g/mol. The average molecular weight is 444 g/mol. The van der Waals surface area contributed by atoms with Crippen molar-refractivity contribution in [3.8, 4) is 5.75 Å². The highest BCUT2D eigenvalue weighted by Gasteiger charge is 2.45. The Morgan fingerprint density at radius 3 is 2.35 bits per heavy atom. The summed E-state index contributed by atoms with van der Waals surface area (Å²) < 4.78 is 33.4. The van der Waals surface area contributed by atoms with E-state index >= 15 is 0 Å². The largest absolute Gasteiger partial charge is 0.497 e. The molecule has 2 saturated heterocycles. The van der Waals surface area contributed by atoms with Gasteiger partial charge >= 0.3 is 0 Å². The fraction of sp³-hybridized carbons (Fsp3) is 0.435. The van der Waals surface area contributed by atoms with Gasteiger partial charge in [0.25, 0.3) is 0 Å². The number of carbonyl (C=O) groups excluding carboxylic acids is 1. The molecule has 2 aromatic carbocycles. The maximum atomic E-state index is 13.5. The number of likely N-dealkylation sites (N-methyl/N-ethyl adjacent to an activating group) is 1. The van der Waals surface area contributed by atoms with Crippen LogP contribution in [0.4, 0.5) is 0 Å². The summed E-state index contributed by atoms with van der Waals surface area (Å²) in [4.78, 5) is 17.8. The molecule has 2 heterocycles. The van der Waals surface area contributed by atoms with Crippen molar-refractivity contribution in [2.24, 2.45) is 5.92 Å². The normalized spacial score (nSPS) is 23.1. The van der Waals surface area contributed by atoms with Gasteiger partial charge in [0.1, 0.15) is 5.75 Å². The lowest BCUT2D eigenvalue weighted by Gasteiger charge is -2.35. The summed E-state index contributed by atoms with van der Waals surface area (Å²) >= 11 is 0. The fourth-order valence-electron chi connectivity index (χ4n) is 4.43. The fourth-order valence-corrected chi connectivity index (χ4v) is 5.94. The molecule has 0 aliphatic carbocycles. The summed E-state index contributed by atoms with van der Waals surface area (Å²) in [6.45, 7) is 3.45. The second-order valence-electron chi connectivity index (χ2n) is 8.25. The number of piperazine rings is 1. The van der Waals surface area contributed by atoms with E-state index in [1.54, 1.807) is 37.4 Å². The SMILES string of the molecule is COc1cccc(C2CN(S(=O)(=O)c3ccccc3)CC2C(=O)N2CCN(C)CC2)c1. The number of amides is 1. The topological polar surface area (TPSA) is 70.2 Å². The number of hydrogen-bond acceptors (Lipinski definition) is 5. The minimum absolute atomic E-state index is 0.0340. The highest BCUT2D eigenvalue weighted by atomic mass is 32.2. The molecular formula is C23H29N3O4S. The standard InChI is InChI=1S/C23H29N3O4S/c1-24-11-13-25(14-12-24)23(27)22-17-26(31(28,29)20-9-4-3-5-10-20)16-21(22)18-7-6-8-19(15-18)30-2/h3-10,15,21-22H,11-14,16-17H2,1-2H3. The van der Waals surface area contributed by atoms with Gasteiger partial charge in [0.2, 0.25) is 15.9 Å². The lowest BCUT2D eigenvalue weighted by molar-refractivity contribution is -0.137. The number of hydrogen-bond donors (Lipinski definition) is 0. The Bertz CT molecular complexity index is 1020. The molecule has 2 fully saturated rings. The molecule has 0 saturated carbocycles. The number of nitrogens with zero attached hydrogens (tertiary/aromatic N) is 3. The Morgan fingerprint density at radius 1 is 0.968 bits per heavy atom. The first kappa shape index (κ1) is 21.8. The molecule has 2 aliphatic rings. The van der Waals surface area contributed by atoms with Crippen LogP contribution in [0.5, 0.6) is 5.75 Å². The second kappa shape index (κ2) is 8.98. The highest BCUT2D eigenvalue weighted by Crippen LogP contribution is 2.38. The molecule has 2 atom stereocenters. The van der Waals surface area contributed by atoms with Gasteiger partial charge in [-0.1, -0.05) is 30.3 Å². The zero-order chi connectivity index (χ0) is 22.0. The molecule has 7 nitrogen and oxygen atoms in total. The van der Waals surface area contributed by atoms with Crippen LogP contribution in [0, 0.1) is 5.92 Å². The molecule has 0 bridgehead atoms. The number of methoxy groups -OCH3 is 1. The molecule has 2 aromatic rings. The Labute approximate surface area is 184 Å². The zero-order valence-electron chi connectivity index (χ0n) is 18.0. The molecule has 31 heavy (non-hydrogen) atoms. The number of ether oxygens (including phenoxy) is 1. The molecule has 0 N–H and O–H groups in total. The summed E-state index contributed by atoms with van der Waals surface area (Å²) in [5, 5.41) is 0. The van der Waals surface area contributed by atoms with Crippen molar-refractivity contribution in [1.82, 2.24) is 14.1 Å². The van der Waals surface area contributed by atoms with Crippen LogP contribution in [-0.2, 0) is 14.8 Å². The van der Waals surface area contributed by atoms with E-state index in [9.17, 15) is 13.2 Å². The van der Waals surface area contributed by atoms with Gasteiger partial charge in [0, 0.05) is 45.2 Å². The van der Waals surface area contributed by atoms with Gasteiger partial charge in [-0.15, -0.1) is 0 Å². The lowest BCUT2D eigenvalue weighted by Crippen LogP contribution is -2.50. The van der Waals surface area contributed by atoms with Crippen LogP contribution >= 0.6 is 0 Å². The van der Waals surface area contributed by atoms with E-state index in [4.69, 9.17) is 4.74 Å². The predicted molar refractivity (Wildman–Crippen MR) is 119 cm³/mol. The third kappa shape index (κ3) is 4.46. The van der Waals surface area contributed by atoms with Crippen molar-refractivity contribution in [3.05, 3.63) is 60.2 Å².